The highest BCUT2D eigenvalue weighted by Gasteiger charge is 2.22. The van der Waals surface area contributed by atoms with Gasteiger partial charge in [0.25, 0.3) is 17.3 Å². The fourth-order valence-electron chi connectivity index (χ4n) is 2.33. The molecule has 0 spiro atoms. The average molecular weight is 344 g/mol. The number of pyridine rings is 1. The summed E-state index contributed by atoms with van der Waals surface area (Å²) in [6.45, 7) is 2.53. The Balaban J connectivity index is 2.24. The number of carbonyl (C=O) groups excluding carboxylic acids is 1. The molecule has 130 valence electrons. The zero-order chi connectivity index (χ0) is 18.4. The summed E-state index contributed by atoms with van der Waals surface area (Å²) in [7, 11) is 0. The van der Waals surface area contributed by atoms with Crippen molar-refractivity contribution in [2.24, 2.45) is 0 Å². The molecule has 0 saturated heterocycles. The van der Waals surface area contributed by atoms with Crippen LogP contribution in [0.15, 0.2) is 42.7 Å². The van der Waals surface area contributed by atoms with E-state index in [0.717, 1.165) is 23.8 Å². The van der Waals surface area contributed by atoms with Crippen LogP contribution in [0.2, 0.25) is 0 Å². The highest BCUT2D eigenvalue weighted by molar-refractivity contribution is 5.95. The lowest BCUT2D eigenvalue weighted by Crippen LogP contribution is -2.32. The third kappa shape index (κ3) is 4.56. The van der Waals surface area contributed by atoms with Gasteiger partial charge in [0.1, 0.15) is 0 Å². The molecule has 0 aliphatic rings. The van der Waals surface area contributed by atoms with Gasteiger partial charge in [0.2, 0.25) is 0 Å². The number of benzene rings is 1. The predicted molar refractivity (Wildman–Crippen MR) is 89.3 cm³/mol. The summed E-state index contributed by atoms with van der Waals surface area (Å²) in [6, 6.07) is 6.62. The van der Waals surface area contributed by atoms with Crippen molar-refractivity contribution >= 4 is 17.3 Å². The third-order valence-electron chi connectivity index (χ3n) is 3.66. The average Bonchev–Trinajstić information content (AvgIpc) is 2.62. The molecule has 1 amide bonds. The molecule has 9 heteroatoms. The second-order valence-electron chi connectivity index (χ2n) is 5.24. The lowest BCUT2D eigenvalue weighted by atomic mass is 10.1. The van der Waals surface area contributed by atoms with Gasteiger partial charge in [0.05, 0.1) is 21.5 Å². The molecule has 0 aliphatic carbocycles. The normalized spacial score (nSPS) is 10.3. The standard InChI is InChI=1S/C16H16N4O5/c1-2-18(8-5-12-3-6-17-7-4-12)16(21)13-9-14(19(22)23)11-15(10-13)20(24)25/h3-4,6-7,9-11H,2,5,8H2,1H3. The van der Waals surface area contributed by atoms with Crippen molar-refractivity contribution in [2.75, 3.05) is 13.1 Å². The minimum absolute atomic E-state index is 0.0718. The molecule has 0 saturated carbocycles. The number of aromatic nitrogens is 1. The van der Waals surface area contributed by atoms with Gasteiger partial charge in [-0.05, 0) is 31.0 Å². The van der Waals surface area contributed by atoms with E-state index in [2.05, 4.69) is 4.98 Å². The summed E-state index contributed by atoms with van der Waals surface area (Å²) in [5.41, 5.74) is -0.0470. The van der Waals surface area contributed by atoms with E-state index < -0.39 is 27.1 Å². The van der Waals surface area contributed by atoms with Crippen molar-refractivity contribution in [3.8, 4) is 0 Å². The molecule has 0 N–H and O–H groups in total. The number of hydrogen-bond donors (Lipinski definition) is 0. The SMILES string of the molecule is CCN(CCc1ccncc1)C(=O)c1cc([N+](=O)[O-])cc([N+](=O)[O-])c1. The van der Waals surface area contributed by atoms with Gasteiger partial charge in [0, 0.05) is 37.6 Å². The Hall–Kier alpha value is -3.36. The smallest absolute Gasteiger partial charge is 0.277 e. The molecule has 1 aromatic carbocycles. The van der Waals surface area contributed by atoms with E-state index in [0.29, 0.717) is 19.5 Å². The van der Waals surface area contributed by atoms with Crippen LogP contribution in [0, 0.1) is 20.2 Å². The van der Waals surface area contributed by atoms with Crippen LogP contribution in [-0.4, -0.2) is 38.7 Å². The van der Waals surface area contributed by atoms with Crippen molar-refractivity contribution in [3.63, 3.8) is 0 Å². The van der Waals surface area contributed by atoms with Crippen LogP contribution < -0.4 is 0 Å². The van der Waals surface area contributed by atoms with Gasteiger partial charge in [-0.3, -0.25) is 30.0 Å². The van der Waals surface area contributed by atoms with Gasteiger partial charge in [0.15, 0.2) is 0 Å². The number of non-ortho nitro benzene ring substituents is 2. The zero-order valence-corrected chi connectivity index (χ0v) is 13.5. The van der Waals surface area contributed by atoms with Crippen LogP contribution >= 0.6 is 0 Å². The van der Waals surface area contributed by atoms with E-state index in [1.165, 1.54) is 4.90 Å². The molecule has 1 aromatic heterocycles. The quantitative estimate of drug-likeness (QED) is 0.562. The lowest BCUT2D eigenvalue weighted by Gasteiger charge is -2.20. The van der Waals surface area contributed by atoms with Gasteiger partial charge in [-0.15, -0.1) is 0 Å². The van der Waals surface area contributed by atoms with E-state index in [9.17, 15) is 25.0 Å². The van der Waals surface area contributed by atoms with E-state index in [-0.39, 0.29) is 5.56 Å². The fourth-order valence-corrected chi connectivity index (χ4v) is 2.33. The first kappa shape index (κ1) is 18.0. The molecular formula is C16H16N4O5. The highest BCUT2D eigenvalue weighted by Crippen LogP contribution is 2.23. The summed E-state index contributed by atoms with van der Waals surface area (Å²) >= 11 is 0. The Morgan fingerprint density at radius 3 is 2.12 bits per heavy atom. The van der Waals surface area contributed by atoms with Gasteiger partial charge >= 0.3 is 0 Å². The fraction of sp³-hybridized carbons (Fsp3) is 0.250. The Morgan fingerprint density at radius 1 is 1.08 bits per heavy atom. The van der Waals surface area contributed by atoms with E-state index >= 15 is 0 Å². The number of carbonyl (C=O) groups is 1. The van der Waals surface area contributed by atoms with E-state index in [1.54, 1.807) is 19.3 Å². The Bertz CT molecular complexity index is 762. The second-order valence-corrected chi connectivity index (χ2v) is 5.24. The van der Waals surface area contributed by atoms with Gasteiger partial charge in [-0.2, -0.15) is 0 Å². The van der Waals surface area contributed by atoms with Crippen molar-refractivity contribution in [2.45, 2.75) is 13.3 Å². The Kier molecular flexibility index (Phi) is 5.72. The van der Waals surface area contributed by atoms with Crippen molar-refractivity contribution < 1.29 is 14.6 Å². The Labute approximate surface area is 143 Å². The number of nitrogens with zero attached hydrogens (tertiary/aromatic N) is 4. The summed E-state index contributed by atoms with van der Waals surface area (Å²) < 4.78 is 0. The zero-order valence-electron chi connectivity index (χ0n) is 13.5. The molecular weight excluding hydrogens is 328 g/mol. The van der Waals surface area contributed by atoms with Crippen LogP contribution in [-0.2, 0) is 6.42 Å². The van der Waals surface area contributed by atoms with Crippen LogP contribution in [0.3, 0.4) is 0 Å². The Morgan fingerprint density at radius 2 is 1.64 bits per heavy atom. The molecule has 0 aliphatic heterocycles. The second kappa shape index (κ2) is 7.95. The molecule has 0 atom stereocenters. The molecule has 9 nitrogen and oxygen atoms in total. The summed E-state index contributed by atoms with van der Waals surface area (Å²) in [4.78, 5) is 38.4. The van der Waals surface area contributed by atoms with Crippen molar-refractivity contribution in [1.82, 2.24) is 9.88 Å². The molecule has 1 heterocycles. The third-order valence-corrected chi connectivity index (χ3v) is 3.66. The maximum atomic E-state index is 12.6. The number of likely N-dealkylation sites (N-methyl/N-ethyl adjacent to an activating group) is 1. The first-order valence-electron chi connectivity index (χ1n) is 7.54. The van der Waals surface area contributed by atoms with Gasteiger partial charge in [-0.1, -0.05) is 0 Å². The number of amides is 1. The number of nitro benzene ring substituents is 2. The number of nitro groups is 2. The largest absolute Gasteiger partial charge is 0.339 e. The molecule has 0 unspecified atom stereocenters. The van der Waals surface area contributed by atoms with Crippen LogP contribution in [0.4, 0.5) is 11.4 Å². The molecule has 2 aromatic rings. The first-order chi connectivity index (χ1) is 11.9. The predicted octanol–water partition coefficient (Wildman–Crippen LogP) is 2.60. The first-order valence-corrected chi connectivity index (χ1v) is 7.54. The maximum Gasteiger partial charge on any atom is 0.277 e. The summed E-state index contributed by atoms with van der Waals surface area (Å²) in [5, 5.41) is 21.9. The molecule has 2 rings (SSSR count). The van der Waals surface area contributed by atoms with Crippen molar-refractivity contribution in [1.29, 1.82) is 0 Å². The van der Waals surface area contributed by atoms with Gasteiger partial charge < -0.3 is 4.90 Å². The van der Waals surface area contributed by atoms with E-state index in [1.807, 2.05) is 12.1 Å². The summed E-state index contributed by atoms with van der Waals surface area (Å²) in [6.07, 6.45) is 3.88. The number of rotatable bonds is 7. The molecule has 25 heavy (non-hydrogen) atoms. The topological polar surface area (TPSA) is 119 Å². The summed E-state index contributed by atoms with van der Waals surface area (Å²) in [5.74, 6) is -0.483. The maximum absolute atomic E-state index is 12.6. The highest BCUT2D eigenvalue weighted by atomic mass is 16.6. The van der Waals surface area contributed by atoms with Crippen LogP contribution in [0.1, 0.15) is 22.8 Å². The monoisotopic (exact) mass is 344 g/mol. The van der Waals surface area contributed by atoms with Gasteiger partial charge in [-0.25, -0.2) is 0 Å². The van der Waals surface area contributed by atoms with E-state index in [4.69, 9.17) is 0 Å². The minimum atomic E-state index is -0.753. The number of hydrogen-bond acceptors (Lipinski definition) is 6. The lowest BCUT2D eigenvalue weighted by molar-refractivity contribution is -0.394. The minimum Gasteiger partial charge on any atom is -0.339 e. The van der Waals surface area contributed by atoms with Crippen molar-refractivity contribution in [3.05, 3.63) is 74.1 Å². The molecule has 0 fully saturated rings. The molecule has 0 bridgehead atoms. The molecule has 0 radical (unpaired) electrons. The van der Waals surface area contributed by atoms with Crippen LogP contribution in [0.5, 0.6) is 0 Å². The van der Waals surface area contributed by atoms with Crippen LogP contribution in [0.25, 0.3) is 0 Å².